The van der Waals surface area contributed by atoms with Gasteiger partial charge in [0.1, 0.15) is 0 Å². The number of carbonyl (C=O) groups excluding carboxylic acids is 1. The Morgan fingerprint density at radius 1 is 1.56 bits per heavy atom. The van der Waals surface area contributed by atoms with E-state index in [9.17, 15) is 4.79 Å². The number of amides is 1. The van der Waals surface area contributed by atoms with E-state index in [1.807, 2.05) is 19.9 Å². The number of nitrogens with zero attached hydrogens (tertiary/aromatic N) is 1. The molecule has 5 heteroatoms. The van der Waals surface area contributed by atoms with E-state index in [4.69, 9.17) is 22.6 Å². The number of benzene rings is 1. The van der Waals surface area contributed by atoms with Gasteiger partial charge in [0.15, 0.2) is 0 Å². The smallest absolute Gasteiger partial charge is 0.230 e. The highest BCUT2D eigenvalue weighted by Gasteiger charge is 2.27. The molecular weight excluding hydrogens is 250 g/mol. The van der Waals surface area contributed by atoms with E-state index in [0.717, 1.165) is 0 Å². The number of nitriles is 1. The van der Waals surface area contributed by atoms with E-state index in [1.54, 1.807) is 18.2 Å². The van der Waals surface area contributed by atoms with Gasteiger partial charge in [0.2, 0.25) is 5.91 Å². The van der Waals surface area contributed by atoms with Gasteiger partial charge in [0.25, 0.3) is 0 Å². The fourth-order valence-corrected chi connectivity index (χ4v) is 1.62. The number of carbonyl (C=O) groups is 1. The highest BCUT2D eigenvalue weighted by molar-refractivity contribution is 6.33. The predicted molar refractivity (Wildman–Crippen MR) is 72.2 cm³/mol. The molecule has 0 aliphatic carbocycles. The van der Waals surface area contributed by atoms with Crippen LogP contribution in [0, 0.1) is 16.7 Å². The quantitative estimate of drug-likeness (QED) is 0.878. The van der Waals surface area contributed by atoms with Crippen LogP contribution in [0.15, 0.2) is 18.2 Å². The lowest BCUT2D eigenvalue weighted by atomic mass is 9.88. The maximum atomic E-state index is 12.1. The van der Waals surface area contributed by atoms with E-state index in [-0.39, 0.29) is 5.91 Å². The second kappa shape index (κ2) is 5.85. The summed E-state index contributed by atoms with van der Waals surface area (Å²) in [5, 5.41) is 11.9. The van der Waals surface area contributed by atoms with Crippen molar-refractivity contribution < 1.29 is 4.79 Å². The van der Waals surface area contributed by atoms with Crippen LogP contribution in [-0.2, 0) is 4.79 Å². The first kappa shape index (κ1) is 14.5. The molecule has 1 aromatic carbocycles. The van der Waals surface area contributed by atoms with Gasteiger partial charge >= 0.3 is 0 Å². The zero-order chi connectivity index (χ0) is 13.8. The summed E-state index contributed by atoms with van der Waals surface area (Å²) in [6, 6.07) is 6.75. The van der Waals surface area contributed by atoms with Crippen LogP contribution in [0.5, 0.6) is 0 Å². The molecule has 0 fully saturated rings. The van der Waals surface area contributed by atoms with Crippen LogP contribution >= 0.6 is 11.6 Å². The zero-order valence-electron chi connectivity index (χ0n) is 10.5. The summed E-state index contributed by atoms with van der Waals surface area (Å²) in [7, 11) is 0. The van der Waals surface area contributed by atoms with Crippen molar-refractivity contribution in [3.05, 3.63) is 28.8 Å². The Balaban J connectivity index is 2.91. The molecule has 0 aliphatic rings. The van der Waals surface area contributed by atoms with Crippen LogP contribution in [0.2, 0.25) is 5.02 Å². The van der Waals surface area contributed by atoms with E-state index in [2.05, 4.69) is 5.32 Å². The van der Waals surface area contributed by atoms with Crippen LogP contribution < -0.4 is 11.1 Å². The van der Waals surface area contributed by atoms with E-state index in [1.165, 1.54) is 0 Å². The lowest BCUT2D eigenvalue weighted by Crippen LogP contribution is -2.32. The molecule has 3 N–H and O–H groups in total. The molecule has 0 unspecified atom stereocenters. The van der Waals surface area contributed by atoms with Crippen molar-refractivity contribution >= 4 is 23.2 Å². The first-order valence-corrected chi connectivity index (χ1v) is 5.99. The minimum atomic E-state index is -0.569. The van der Waals surface area contributed by atoms with Crippen LogP contribution in [0.3, 0.4) is 0 Å². The molecule has 0 aliphatic heterocycles. The third-order valence-corrected chi connectivity index (χ3v) is 3.06. The summed E-state index contributed by atoms with van der Waals surface area (Å²) in [5.74, 6) is -0.162. The maximum Gasteiger partial charge on any atom is 0.230 e. The van der Waals surface area contributed by atoms with Crippen molar-refractivity contribution in [1.29, 1.82) is 5.26 Å². The lowest BCUT2D eigenvalue weighted by Gasteiger charge is -2.23. The summed E-state index contributed by atoms with van der Waals surface area (Å²) in [6.45, 7) is 4.07. The molecule has 1 amide bonds. The van der Waals surface area contributed by atoms with E-state index in [0.29, 0.717) is 29.2 Å². The van der Waals surface area contributed by atoms with E-state index < -0.39 is 5.41 Å². The van der Waals surface area contributed by atoms with E-state index >= 15 is 0 Å². The molecule has 0 radical (unpaired) electrons. The Hall–Kier alpha value is -1.57. The highest BCUT2D eigenvalue weighted by Crippen LogP contribution is 2.27. The average molecular weight is 266 g/mol. The third-order valence-electron chi connectivity index (χ3n) is 2.73. The number of hydrogen-bond acceptors (Lipinski definition) is 3. The molecule has 0 heterocycles. The predicted octanol–water partition coefficient (Wildman–Crippen LogP) is 2.53. The molecule has 0 atom stereocenters. The fourth-order valence-electron chi connectivity index (χ4n) is 1.46. The third kappa shape index (κ3) is 3.46. The van der Waals surface area contributed by atoms with Crippen LogP contribution in [0.4, 0.5) is 5.69 Å². The molecule has 0 spiro atoms. The molecule has 0 aromatic heterocycles. The van der Waals surface area contributed by atoms with Crippen LogP contribution in [-0.4, -0.2) is 12.5 Å². The summed E-state index contributed by atoms with van der Waals surface area (Å²) in [4.78, 5) is 12.1. The molecule has 0 saturated carbocycles. The number of nitrogens with two attached hydrogens (primary N) is 1. The largest absolute Gasteiger partial charge is 0.330 e. The average Bonchev–Trinajstić information content (AvgIpc) is 2.31. The molecule has 0 bridgehead atoms. The van der Waals surface area contributed by atoms with Crippen molar-refractivity contribution in [2.45, 2.75) is 20.3 Å². The molecule has 0 saturated heterocycles. The number of nitrogens with one attached hydrogen (secondary N) is 1. The topological polar surface area (TPSA) is 78.9 Å². The zero-order valence-corrected chi connectivity index (χ0v) is 11.2. The van der Waals surface area contributed by atoms with Gasteiger partial charge in [0.05, 0.1) is 22.3 Å². The molecule has 18 heavy (non-hydrogen) atoms. The van der Waals surface area contributed by atoms with Crippen LogP contribution in [0.1, 0.15) is 25.8 Å². The van der Waals surface area contributed by atoms with Gasteiger partial charge in [-0.3, -0.25) is 4.79 Å². The summed E-state index contributed by atoms with van der Waals surface area (Å²) >= 11 is 5.98. The van der Waals surface area contributed by atoms with Gasteiger partial charge in [-0.1, -0.05) is 25.4 Å². The lowest BCUT2D eigenvalue weighted by molar-refractivity contribution is -0.124. The van der Waals surface area contributed by atoms with Crippen LogP contribution in [0.25, 0.3) is 0 Å². The molecule has 96 valence electrons. The Bertz CT molecular complexity index is 491. The SMILES string of the molecule is CC(C)(CCN)C(=O)Nc1cc(C#N)ccc1Cl. The Labute approximate surface area is 112 Å². The van der Waals surface area contributed by atoms with Crippen molar-refractivity contribution in [3.8, 4) is 6.07 Å². The van der Waals surface area contributed by atoms with Gasteiger partial charge in [-0.2, -0.15) is 5.26 Å². The highest BCUT2D eigenvalue weighted by atomic mass is 35.5. The summed E-state index contributed by atoms with van der Waals surface area (Å²) < 4.78 is 0. The molecule has 1 aromatic rings. The van der Waals surface area contributed by atoms with Gasteiger partial charge < -0.3 is 11.1 Å². The number of rotatable bonds is 4. The number of halogens is 1. The normalized spacial score (nSPS) is 10.8. The van der Waals surface area contributed by atoms with Crippen molar-refractivity contribution in [3.63, 3.8) is 0 Å². The minimum absolute atomic E-state index is 0.162. The fraction of sp³-hybridized carbons (Fsp3) is 0.385. The van der Waals surface area contributed by atoms with Gasteiger partial charge in [0, 0.05) is 5.41 Å². The number of hydrogen-bond donors (Lipinski definition) is 2. The molecular formula is C13H16ClN3O. The maximum absolute atomic E-state index is 12.1. The number of anilines is 1. The summed E-state index contributed by atoms with van der Waals surface area (Å²) in [5.41, 5.74) is 5.80. The molecule has 1 rings (SSSR count). The summed E-state index contributed by atoms with van der Waals surface area (Å²) in [6.07, 6.45) is 0.578. The van der Waals surface area contributed by atoms with Crippen molar-refractivity contribution in [2.24, 2.45) is 11.1 Å². The second-order valence-electron chi connectivity index (χ2n) is 4.68. The van der Waals surface area contributed by atoms with Gasteiger partial charge in [-0.25, -0.2) is 0 Å². The van der Waals surface area contributed by atoms with Gasteiger partial charge in [-0.05, 0) is 31.2 Å². The standard InChI is InChI=1S/C13H16ClN3O/c1-13(2,5-6-15)12(18)17-11-7-9(8-16)3-4-10(11)14/h3-4,7H,5-6,15H2,1-2H3,(H,17,18). The van der Waals surface area contributed by atoms with Crippen molar-refractivity contribution in [2.75, 3.05) is 11.9 Å². The monoisotopic (exact) mass is 265 g/mol. The second-order valence-corrected chi connectivity index (χ2v) is 5.09. The Morgan fingerprint density at radius 2 is 2.22 bits per heavy atom. The first-order valence-electron chi connectivity index (χ1n) is 5.62. The van der Waals surface area contributed by atoms with Gasteiger partial charge in [-0.15, -0.1) is 0 Å². The molecule has 4 nitrogen and oxygen atoms in total. The van der Waals surface area contributed by atoms with Crippen molar-refractivity contribution in [1.82, 2.24) is 0 Å². The Morgan fingerprint density at radius 3 is 2.78 bits per heavy atom. The first-order chi connectivity index (χ1) is 8.40. The minimum Gasteiger partial charge on any atom is -0.330 e. The Kier molecular flexibility index (Phi) is 4.71.